The van der Waals surface area contributed by atoms with Crippen LogP contribution in [0, 0.1) is 0 Å². The number of hydrogen-bond acceptors (Lipinski definition) is 8. The quantitative estimate of drug-likeness (QED) is 0.0444. The number of carbonyl (C=O) groups is 1. The van der Waals surface area contributed by atoms with Gasteiger partial charge in [-0.25, -0.2) is 0 Å². The molecule has 0 aromatic rings. The summed E-state index contributed by atoms with van der Waals surface area (Å²) in [6, 6.07) is 0. The molecule has 8 nitrogen and oxygen atoms in total. The van der Waals surface area contributed by atoms with Crippen molar-refractivity contribution < 1.29 is 38.0 Å². The number of carbonyl (C=O) groups excluding carboxylic acids is 1. The Bertz CT molecular complexity index is 709. The highest BCUT2D eigenvalue weighted by Gasteiger charge is 2.03. The van der Waals surface area contributed by atoms with Gasteiger partial charge in [-0.15, -0.1) is 0 Å². The van der Waals surface area contributed by atoms with Crippen molar-refractivity contribution in [3.05, 3.63) is 0 Å². The van der Waals surface area contributed by atoms with Gasteiger partial charge < -0.3 is 33.2 Å². The van der Waals surface area contributed by atoms with E-state index < -0.39 is 0 Å². The van der Waals surface area contributed by atoms with E-state index in [9.17, 15) is 4.79 Å². The highest BCUT2D eigenvalue weighted by atomic mass is 16.6. The minimum Gasteiger partial charge on any atom is -0.463 e. The van der Waals surface area contributed by atoms with Crippen molar-refractivity contribution in [2.45, 2.75) is 219 Å². The van der Waals surface area contributed by atoms with E-state index in [1.807, 2.05) is 0 Å². The summed E-state index contributed by atoms with van der Waals surface area (Å²) in [4.78, 5) is 11.9. The number of ether oxygens (including phenoxy) is 7. The molecular formula is C48H96O8. The standard InChI is InChI=1S/C48H96O8/c1-3-5-7-9-11-13-15-17-19-21-23-25-27-29-31-33-35-50-36-37-51-38-39-52-40-41-53-42-43-54-44-45-55-46-47-56-48(49)34-32-30-28-26-24-22-20-18-16-14-12-10-8-6-4-2/h3-47H2,1-2H3. The largest absolute Gasteiger partial charge is 0.463 e. The van der Waals surface area contributed by atoms with Gasteiger partial charge in [0.25, 0.3) is 0 Å². The summed E-state index contributed by atoms with van der Waals surface area (Å²) in [6.45, 7) is 11.6. The monoisotopic (exact) mass is 801 g/mol. The minimum absolute atomic E-state index is 0.117. The first-order valence-electron chi connectivity index (χ1n) is 24.4. The van der Waals surface area contributed by atoms with Crippen LogP contribution in [-0.4, -0.2) is 91.9 Å². The van der Waals surface area contributed by atoms with Crippen LogP contribution in [0.5, 0.6) is 0 Å². The molecule has 0 bridgehead atoms. The molecule has 0 N–H and O–H groups in total. The van der Waals surface area contributed by atoms with E-state index in [1.165, 1.54) is 180 Å². The number of unbranched alkanes of at least 4 members (excludes halogenated alkanes) is 29. The van der Waals surface area contributed by atoms with Crippen LogP contribution in [0.4, 0.5) is 0 Å². The van der Waals surface area contributed by atoms with Crippen molar-refractivity contribution >= 4 is 5.97 Å². The average Bonchev–Trinajstić information content (AvgIpc) is 3.20. The van der Waals surface area contributed by atoms with Crippen molar-refractivity contribution in [3.8, 4) is 0 Å². The maximum atomic E-state index is 11.9. The molecule has 0 aromatic heterocycles. The molecule has 0 aliphatic carbocycles. The third-order valence-corrected chi connectivity index (χ3v) is 10.5. The number of rotatable bonds is 51. The summed E-state index contributed by atoms with van der Waals surface area (Å²) >= 11 is 0. The van der Waals surface area contributed by atoms with Gasteiger partial charge >= 0.3 is 5.97 Å². The molecular weight excluding hydrogens is 705 g/mol. The zero-order valence-electron chi connectivity index (χ0n) is 37.6. The highest BCUT2D eigenvalue weighted by Crippen LogP contribution is 2.15. The Balaban J connectivity index is 3.12. The summed E-state index contributed by atoms with van der Waals surface area (Å²) in [5, 5.41) is 0. The van der Waals surface area contributed by atoms with E-state index in [1.54, 1.807) is 0 Å². The average molecular weight is 801 g/mol. The fourth-order valence-electron chi connectivity index (χ4n) is 6.88. The van der Waals surface area contributed by atoms with E-state index >= 15 is 0 Å². The summed E-state index contributed by atoms with van der Waals surface area (Å²) < 4.78 is 38.7. The number of esters is 1. The first-order valence-corrected chi connectivity index (χ1v) is 24.4. The topological polar surface area (TPSA) is 81.7 Å². The van der Waals surface area contributed by atoms with Crippen LogP contribution in [0.1, 0.15) is 219 Å². The predicted octanol–water partition coefficient (Wildman–Crippen LogP) is 13.2. The normalized spacial score (nSPS) is 11.5. The predicted molar refractivity (Wildman–Crippen MR) is 235 cm³/mol. The molecule has 0 atom stereocenters. The lowest BCUT2D eigenvalue weighted by molar-refractivity contribution is -0.145. The van der Waals surface area contributed by atoms with E-state index in [-0.39, 0.29) is 5.97 Å². The van der Waals surface area contributed by atoms with Crippen molar-refractivity contribution in [2.24, 2.45) is 0 Å². The smallest absolute Gasteiger partial charge is 0.305 e. The fourth-order valence-corrected chi connectivity index (χ4v) is 6.88. The van der Waals surface area contributed by atoms with Gasteiger partial charge in [-0.2, -0.15) is 0 Å². The first kappa shape index (κ1) is 55.2. The Kier molecular flexibility index (Phi) is 51.5. The lowest BCUT2D eigenvalue weighted by atomic mass is 10.0. The Hall–Kier alpha value is -0.770. The summed E-state index contributed by atoms with van der Waals surface area (Å²) in [5.74, 6) is -0.117. The molecule has 0 radical (unpaired) electrons. The molecule has 0 fully saturated rings. The highest BCUT2D eigenvalue weighted by molar-refractivity contribution is 5.69. The van der Waals surface area contributed by atoms with Gasteiger partial charge in [0.1, 0.15) is 6.61 Å². The van der Waals surface area contributed by atoms with Gasteiger partial charge in [-0.05, 0) is 12.8 Å². The lowest BCUT2D eigenvalue weighted by Crippen LogP contribution is -2.15. The Morgan fingerprint density at radius 3 is 0.750 bits per heavy atom. The molecule has 0 saturated carbocycles. The molecule has 56 heavy (non-hydrogen) atoms. The van der Waals surface area contributed by atoms with Gasteiger partial charge in [-0.3, -0.25) is 4.79 Å². The second-order valence-electron chi connectivity index (χ2n) is 15.9. The molecule has 0 saturated heterocycles. The minimum atomic E-state index is -0.117. The second-order valence-corrected chi connectivity index (χ2v) is 15.9. The lowest BCUT2D eigenvalue weighted by Gasteiger charge is -2.08. The molecule has 0 aliphatic rings. The van der Waals surface area contributed by atoms with Gasteiger partial charge in [-0.1, -0.05) is 200 Å². The second kappa shape index (κ2) is 52.2. The van der Waals surface area contributed by atoms with Gasteiger partial charge in [0.2, 0.25) is 0 Å². The van der Waals surface area contributed by atoms with E-state index in [2.05, 4.69) is 13.8 Å². The van der Waals surface area contributed by atoms with Gasteiger partial charge in [0, 0.05) is 13.0 Å². The Morgan fingerprint density at radius 1 is 0.250 bits per heavy atom. The Labute approximate surface area is 348 Å². The molecule has 0 rings (SSSR count). The van der Waals surface area contributed by atoms with Crippen LogP contribution >= 0.6 is 0 Å². The molecule has 0 unspecified atom stereocenters. The van der Waals surface area contributed by atoms with E-state index in [0.29, 0.717) is 85.7 Å². The summed E-state index contributed by atoms with van der Waals surface area (Å²) in [6.07, 6.45) is 42.6. The molecule has 0 spiro atoms. The van der Waals surface area contributed by atoms with Crippen molar-refractivity contribution in [1.82, 2.24) is 0 Å². The molecule has 336 valence electrons. The summed E-state index contributed by atoms with van der Waals surface area (Å²) in [7, 11) is 0. The van der Waals surface area contributed by atoms with Crippen LogP contribution in [0.25, 0.3) is 0 Å². The van der Waals surface area contributed by atoms with E-state index in [0.717, 1.165) is 25.9 Å². The Morgan fingerprint density at radius 2 is 0.464 bits per heavy atom. The SMILES string of the molecule is CCCCCCCCCCCCCCCCCCOCCOCCOCCOCCOCCOCCOC(=O)CCCCCCCCCCCCCCCCC. The van der Waals surface area contributed by atoms with Gasteiger partial charge in [0.05, 0.1) is 72.7 Å². The summed E-state index contributed by atoms with van der Waals surface area (Å²) in [5.41, 5.74) is 0. The number of hydrogen-bond donors (Lipinski definition) is 0. The van der Waals surface area contributed by atoms with Crippen LogP contribution in [0.15, 0.2) is 0 Å². The van der Waals surface area contributed by atoms with Crippen LogP contribution in [-0.2, 0) is 38.0 Å². The zero-order chi connectivity index (χ0) is 40.3. The van der Waals surface area contributed by atoms with E-state index in [4.69, 9.17) is 33.2 Å². The molecule has 8 heteroatoms. The van der Waals surface area contributed by atoms with Crippen molar-refractivity contribution in [2.75, 3.05) is 85.9 Å². The fraction of sp³-hybridized carbons (Fsp3) is 0.979. The first-order chi connectivity index (χ1) is 27.8. The van der Waals surface area contributed by atoms with Crippen LogP contribution < -0.4 is 0 Å². The van der Waals surface area contributed by atoms with Crippen LogP contribution in [0.3, 0.4) is 0 Å². The van der Waals surface area contributed by atoms with Crippen molar-refractivity contribution in [3.63, 3.8) is 0 Å². The van der Waals surface area contributed by atoms with Crippen LogP contribution in [0.2, 0.25) is 0 Å². The zero-order valence-corrected chi connectivity index (χ0v) is 37.6. The molecule has 0 aromatic carbocycles. The maximum Gasteiger partial charge on any atom is 0.305 e. The molecule has 0 aliphatic heterocycles. The molecule has 0 amide bonds. The molecule has 0 heterocycles. The van der Waals surface area contributed by atoms with Gasteiger partial charge in [0.15, 0.2) is 0 Å². The third-order valence-electron chi connectivity index (χ3n) is 10.5. The third kappa shape index (κ3) is 51.2. The van der Waals surface area contributed by atoms with Crippen molar-refractivity contribution in [1.29, 1.82) is 0 Å². The maximum absolute atomic E-state index is 11.9.